The highest BCUT2D eigenvalue weighted by molar-refractivity contribution is 7.09. The second-order valence-electron chi connectivity index (χ2n) is 5.25. The van der Waals surface area contributed by atoms with Crippen molar-refractivity contribution in [1.82, 2.24) is 14.8 Å². The molecule has 2 aliphatic rings. The Labute approximate surface area is 118 Å². The summed E-state index contributed by atoms with van der Waals surface area (Å²) in [7, 11) is 0. The van der Waals surface area contributed by atoms with E-state index in [9.17, 15) is 0 Å². The van der Waals surface area contributed by atoms with E-state index in [4.69, 9.17) is 11.6 Å². The maximum absolute atomic E-state index is 5.78. The lowest BCUT2D eigenvalue weighted by Crippen LogP contribution is -2.50. The second kappa shape index (κ2) is 5.87. The summed E-state index contributed by atoms with van der Waals surface area (Å²) < 4.78 is 0. The van der Waals surface area contributed by atoms with Crippen LogP contribution in [0.5, 0.6) is 0 Å². The van der Waals surface area contributed by atoms with Gasteiger partial charge in [0, 0.05) is 44.0 Å². The van der Waals surface area contributed by atoms with Gasteiger partial charge in [0.25, 0.3) is 0 Å². The Hall–Kier alpha value is -0.160. The van der Waals surface area contributed by atoms with Gasteiger partial charge in [-0.05, 0) is 19.4 Å². The van der Waals surface area contributed by atoms with E-state index in [0.717, 1.165) is 24.7 Å². The van der Waals surface area contributed by atoms with Crippen molar-refractivity contribution in [1.29, 1.82) is 0 Å². The maximum atomic E-state index is 5.78. The van der Waals surface area contributed by atoms with Crippen molar-refractivity contribution in [2.75, 3.05) is 32.7 Å². The summed E-state index contributed by atoms with van der Waals surface area (Å²) in [5, 5.41) is 3.32. The van der Waals surface area contributed by atoms with Crippen LogP contribution in [0, 0.1) is 0 Å². The van der Waals surface area contributed by atoms with Crippen molar-refractivity contribution in [3.63, 3.8) is 0 Å². The van der Waals surface area contributed by atoms with Gasteiger partial charge in [0.1, 0.15) is 0 Å². The number of alkyl halides is 1. The van der Waals surface area contributed by atoms with E-state index in [2.05, 4.69) is 20.2 Å². The minimum atomic E-state index is 0.539. The fraction of sp³-hybridized carbons (Fsp3) is 0.769. The zero-order chi connectivity index (χ0) is 12.4. The first-order valence-corrected chi connectivity index (χ1v) is 8.22. The van der Waals surface area contributed by atoms with Crippen LogP contribution in [0.15, 0.2) is 5.38 Å². The number of rotatable bonds is 4. The Morgan fingerprint density at radius 3 is 3.17 bits per heavy atom. The van der Waals surface area contributed by atoms with Gasteiger partial charge in [-0.3, -0.25) is 4.90 Å². The molecule has 3 rings (SSSR count). The molecule has 0 spiro atoms. The third-order valence-electron chi connectivity index (χ3n) is 4.05. The molecule has 0 saturated carbocycles. The van der Waals surface area contributed by atoms with Gasteiger partial charge in [-0.2, -0.15) is 0 Å². The van der Waals surface area contributed by atoms with E-state index < -0.39 is 0 Å². The van der Waals surface area contributed by atoms with Gasteiger partial charge < -0.3 is 4.90 Å². The smallest absolute Gasteiger partial charge is 0.0941 e. The molecule has 2 aliphatic heterocycles. The second-order valence-corrected chi connectivity index (χ2v) is 6.46. The first kappa shape index (κ1) is 12.9. The molecule has 1 atom stereocenters. The van der Waals surface area contributed by atoms with Gasteiger partial charge in [0.2, 0.25) is 0 Å². The standard InChI is InChI=1S/C13H20ClN3S/c14-8-11-10-18-13(15-11)3-5-16-6-7-17-4-1-2-12(17)9-16/h10,12H,1-9H2. The lowest BCUT2D eigenvalue weighted by atomic mass is 10.1. The van der Waals surface area contributed by atoms with Crippen LogP contribution in [0.1, 0.15) is 23.5 Å². The summed E-state index contributed by atoms with van der Waals surface area (Å²) in [5.41, 5.74) is 1.03. The molecule has 1 unspecified atom stereocenters. The van der Waals surface area contributed by atoms with Crippen LogP contribution in [-0.2, 0) is 12.3 Å². The summed E-state index contributed by atoms with van der Waals surface area (Å²) in [4.78, 5) is 9.79. The third kappa shape index (κ3) is 2.87. The molecule has 0 bridgehead atoms. The van der Waals surface area contributed by atoms with Crippen molar-refractivity contribution in [2.45, 2.75) is 31.2 Å². The predicted octanol–water partition coefficient (Wildman–Crippen LogP) is 2.20. The van der Waals surface area contributed by atoms with Crippen molar-refractivity contribution in [3.05, 3.63) is 16.1 Å². The summed E-state index contributed by atoms with van der Waals surface area (Å²) in [5.74, 6) is 0.539. The lowest BCUT2D eigenvalue weighted by Gasteiger charge is -2.37. The zero-order valence-electron chi connectivity index (χ0n) is 10.6. The molecule has 100 valence electrons. The molecule has 2 fully saturated rings. The van der Waals surface area contributed by atoms with E-state index in [1.54, 1.807) is 11.3 Å². The van der Waals surface area contributed by atoms with Crippen molar-refractivity contribution >= 4 is 22.9 Å². The van der Waals surface area contributed by atoms with E-state index in [0.29, 0.717) is 5.88 Å². The number of nitrogens with zero attached hydrogens (tertiary/aromatic N) is 3. The van der Waals surface area contributed by atoms with Crippen LogP contribution < -0.4 is 0 Å². The minimum Gasteiger partial charge on any atom is -0.300 e. The summed E-state index contributed by atoms with van der Waals surface area (Å²) in [6.45, 7) is 6.22. The van der Waals surface area contributed by atoms with Crippen molar-refractivity contribution in [2.24, 2.45) is 0 Å². The van der Waals surface area contributed by atoms with Gasteiger partial charge >= 0.3 is 0 Å². The van der Waals surface area contributed by atoms with Crippen LogP contribution in [0.25, 0.3) is 0 Å². The minimum absolute atomic E-state index is 0.539. The van der Waals surface area contributed by atoms with Crippen LogP contribution in [0.2, 0.25) is 0 Å². The molecule has 0 aromatic carbocycles. The van der Waals surface area contributed by atoms with Crippen molar-refractivity contribution < 1.29 is 0 Å². The Morgan fingerprint density at radius 2 is 2.33 bits per heavy atom. The Kier molecular flexibility index (Phi) is 4.19. The predicted molar refractivity (Wildman–Crippen MR) is 76.4 cm³/mol. The van der Waals surface area contributed by atoms with Crippen LogP contribution >= 0.6 is 22.9 Å². The Morgan fingerprint density at radius 1 is 1.39 bits per heavy atom. The van der Waals surface area contributed by atoms with Crippen LogP contribution in [0.3, 0.4) is 0 Å². The van der Waals surface area contributed by atoms with Gasteiger partial charge in [-0.25, -0.2) is 4.98 Å². The van der Waals surface area contributed by atoms with Crippen molar-refractivity contribution in [3.8, 4) is 0 Å². The van der Waals surface area contributed by atoms with Crippen LogP contribution in [0.4, 0.5) is 0 Å². The number of fused-ring (bicyclic) bond motifs is 1. The molecule has 2 saturated heterocycles. The quantitative estimate of drug-likeness (QED) is 0.791. The van der Waals surface area contributed by atoms with E-state index in [-0.39, 0.29) is 0 Å². The summed E-state index contributed by atoms with van der Waals surface area (Å²) >= 11 is 7.53. The topological polar surface area (TPSA) is 19.4 Å². The maximum Gasteiger partial charge on any atom is 0.0941 e. The van der Waals surface area contributed by atoms with Gasteiger partial charge in [-0.15, -0.1) is 22.9 Å². The average molecular weight is 286 g/mol. The number of hydrogen-bond acceptors (Lipinski definition) is 4. The van der Waals surface area contributed by atoms with Gasteiger partial charge in [0.05, 0.1) is 16.6 Å². The van der Waals surface area contributed by atoms with E-state index >= 15 is 0 Å². The Bertz CT molecular complexity index is 395. The largest absolute Gasteiger partial charge is 0.300 e. The highest BCUT2D eigenvalue weighted by atomic mass is 35.5. The summed E-state index contributed by atoms with van der Waals surface area (Å²) in [6, 6.07) is 0.827. The highest BCUT2D eigenvalue weighted by Gasteiger charge is 2.30. The van der Waals surface area contributed by atoms with E-state index in [1.165, 1.54) is 44.0 Å². The molecule has 0 amide bonds. The highest BCUT2D eigenvalue weighted by Crippen LogP contribution is 2.21. The molecule has 1 aromatic rings. The molecule has 0 aliphatic carbocycles. The van der Waals surface area contributed by atoms with Gasteiger partial charge in [0.15, 0.2) is 0 Å². The Balaban J connectivity index is 1.48. The van der Waals surface area contributed by atoms with Gasteiger partial charge in [-0.1, -0.05) is 0 Å². The summed E-state index contributed by atoms with van der Waals surface area (Å²) in [6.07, 6.45) is 3.86. The normalized spacial score (nSPS) is 25.5. The number of aromatic nitrogens is 1. The molecule has 0 radical (unpaired) electrons. The molecule has 3 nitrogen and oxygen atoms in total. The van der Waals surface area contributed by atoms with Crippen LogP contribution in [-0.4, -0.2) is 53.5 Å². The fourth-order valence-electron chi connectivity index (χ4n) is 3.04. The molecule has 0 N–H and O–H groups in total. The third-order valence-corrected chi connectivity index (χ3v) is 5.28. The number of hydrogen-bond donors (Lipinski definition) is 0. The first-order valence-electron chi connectivity index (χ1n) is 6.81. The zero-order valence-corrected chi connectivity index (χ0v) is 12.2. The monoisotopic (exact) mass is 285 g/mol. The molecule has 3 heterocycles. The molecule has 18 heavy (non-hydrogen) atoms. The average Bonchev–Trinajstić information content (AvgIpc) is 3.04. The SMILES string of the molecule is ClCc1csc(CCN2CCN3CCCC3C2)n1. The fourth-order valence-corrected chi connectivity index (χ4v) is 4.05. The molecular weight excluding hydrogens is 266 g/mol. The molecular formula is C13H20ClN3S. The molecule has 5 heteroatoms. The van der Waals surface area contributed by atoms with E-state index in [1.807, 2.05) is 0 Å². The first-order chi connectivity index (χ1) is 8.85. The number of thiazole rings is 1. The number of piperazine rings is 1. The molecule has 1 aromatic heterocycles. The lowest BCUT2D eigenvalue weighted by molar-refractivity contribution is 0.105. The number of halogens is 1.